The lowest BCUT2D eigenvalue weighted by atomic mass is 10.6. The molecule has 0 N–H and O–H groups in total. The van der Waals surface area contributed by atoms with Crippen LogP contribution < -0.4 is 0 Å². The van der Waals surface area contributed by atoms with E-state index in [-0.39, 0.29) is 0 Å². The Labute approximate surface area is 60.3 Å². The van der Waals surface area contributed by atoms with Crippen LogP contribution in [0.15, 0.2) is 0 Å². The molecule has 0 unspecified atom stereocenters. The van der Waals surface area contributed by atoms with E-state index >= 15 is 0 Å². The number of terminal acetylenes is 2. The SMILES string of the molecule is C#CC(F)(F)OC(F)(F)C#C. The topological polar surface area (TPSA) is 9.23 Å². The number of rotatable bonds is 2. The Balaban J connectivity index is 4.31. The highest BCUT2D eigenvalue weighted by Gasteiger charge is 2.41. The van der Waals surface area contributed by atoms with Crippen LogP contribution in [-0.4, -0.2) is 12.2 Å². The summed E-state index contributed by atoms with van der Waals surface area (Å²) in [6.45, 7) is 0. The van der Waals surface area contributed by atoms with Gasteiger partial charge in [-0.1, -0.05) is 0 Å². The lowest BCUT2D eigenvalue weighted by Gasteiger charge is -2.14. The fraction of sp³-hybridized carbons (Fsp3) is 0.333. The van der Waals surface area contributed by atoms with Crippen LogP contribution in [0.2, 0.25) is 0 Å². The molecule has 0 rings (SSSR count). The van der Waals surface area contributed by atoms with Gasteiger partial charge in [0.1, 0.15) is 0 Å². The van der Waals surface area contributed by atoms with Crippen molar-refractivity contribution in [1.29, 1.82) is 0 Å². The lowest BCUT2D eigenvalue weighted by Crippen LogP contribution is -2.30. The second-order valence-corrected chi connectivity index (χ2v) is 1.42. The van der Waals surface area contributed by atoms with Crippen molar-refractivity contribution in [2.24, 2.45) is 0 Å². The van der Waals surface area contributed by atoms with Gasteiger partial charge < -0.3 is 0 Å². The monoisotopic (exact) mass is 166 g/mol. The summed E-state index contributed by atoms with van der Waals surface area (Å²) >= 11 is 0. The Bertz CT molecular complexity index is 196. The minimum absolute atomic E-state index is 0.701. The standard InChI is InChI=1S/C6H2F4O/c1-3-5(7,8)11-6(9,10)4-2/h1-2H. The third-order valence-corrected chi connectivity index (χ3v) is 0.592. The van der Waals surface area contributed by atoms with Crippen LogP contribution in [0.25, 0.3) is 0 Å². The van der Waals surface area contributed by atoms with E-state index < -0.39 is 12.2 Å². The van der Waals surface area contributed by atoms with Crippen molar-refractivity contribution in [1.82, 2.24) is 0 Å². The molecule has 0 bridgehead atoms. The number of ether oxygens (including phenoxy) is 1. The van der Waals surface area contributed by atoms with E-state index in [9.17, 15) is 17.6 Å². The number of halogens is 4. The van der Waals surface area contributed by atoms with E-state index in [1.165, 1.54) is 0 Å². The maximum absolute atomic E-state index is 11.8. The lowest BCUT2D eigenvalue weighted by molar-refractivity contribution is -0.323. The molecule has 0 spiro atoms. The zero-order valence-electron chi connectivity index (χ0n) is 5.07. The van der Waals surface area contributed by atoms with Gasteiger partial charge in [-0.05, 0) is 0 Å². The molecule has 0 atom stereocenters. The first-order valence-corrected chi connectivity index (χ1v) is 2.24. The van der Waals surface area contributed by atoms with Crippen LogP contribution in [0.4, 0.5) is 17.6 Å². The summed E-state index contributed by atoms with van der Waals surface area (Å²) in [6.07, 6.45) is -0.392. The van der Waals surface area contributed by atoms with Crippen LogP contribution in [0.3, 0.4) is 0 Å². The fourth-order valence-electron chi connectivity index (χ4n) is 0.220. The Hall–Kier alpha value is -1.20. The quantitative estimate of drug-likeness (QED) is 0.445. The molecule has 11 heavy (non-hydrogen) atoms. The molecule has 0 saturated heterocycles. The van der Waals surface area contributed by atoms with Crippen LogP contribution in [-0.2, 0) is 4.74 Å². The second kappa shape index (κ2) is 2.81. The molecule has 0 aliphatic rings. The summed E-state index contributed by atoms with van der Waals surface area (Å²) in [5.74, 6) is 1.40. The average Bonchev–Trinajstić information content (AvgIpc) is 1.86. The molecule has 0 amide bonds. The summed E-state index contributed by atoms with van der Waals surface area (Å²) in [5.41, 5.74) is 0. The summed E-state index contributed by atoms with van der Waals surface area (Å²) < 4.78 is 50.0. The van der Waals surface area contributed by atoms with Crippen LogP contribution in [0.5, 0.6) is 0 Å². The summed E-state index contributed by atoms with van der Waals surface area (Å²) in [6, 6.07) is 0. The van der Waals surface area contributed by atoms with E-state index in [0.717, 1.165) is 0 Å². The van der Waals surface area contributed by atoms with Gasteiger partial charge in [0.15, 0.2) is 0 Å². The molecule has 0 aliphatic heterocycles. The average molecular weight is 166 g/mol. The van der Waals surface area contributed by atoms with Crippen LogP contribution >= 0.6 is 0 Å². The van der Waals surface area contributed by atoms with Gasteiger partial charge in [0.2, 0.25) is 0 Å². The zero-order valence-corrected chi connectivity index (χ0v) is 5.07. The number of hydrogen-bond acceptors (Lipinski definition) is 1. The van der Waals surface area contributed by atoms with E-state index in [0.29, 0.717) is 11.8 Å². The number of hydrogen-bond donors (Lipinski definition) is 0. The highest BCUT2D eigenvalue weighted by Crippen LogP contribution is 2.25. The molecular weight excluding hydrogens is 164 g/mol. The minimum Gasteiger partial charge on any atom is -0.233 e. The molecule has 60 valence electrons. The number of alkyl halides is 4. The first-order valence-electron chi connectivity index (χ1n) is 2.24. The van der Waals surface area contributed by atoms with Gasteiger partial charge in [-0.3, -0.25) is 0 Å². The van der Waals surface area contributed by atoms with Gasteiger partial charge in [0.25, 0.3) is 0 Å². The zero-order chi connectivity index (χ0) is 9.12. The third-order valence-electron chi connectivity index (χ3n) is 0.592. The van der Waals surface area contributed by atoms with E-state index in [1.807, 2.05) is 0 Å². The van der Waals surface area contributed by atoms with E-state index in [1.54, 1.807) is 0 Å². The van der Waals surface area contributed by atoms with Gasteiger partial charge >= 0.3 is 12.2 Å². The van der Waals surface area contributed by atoms with Gasteiger partial charge in [0, 0.05) is 11.8 Å². The Morgan fingerprint density at radius 3 is 1.36 bits per heavy atom. The maximum atomic E-state index is 11.8. The molecule has 0 saturated carbocycles. The molecular formula is C6H2F4O. The molecule has 0 aromatic heterocycles. The first kappa shape index (κ1) is 9.80. The van der Waals surface area contributed by atoms with E-state index in [4.69, 9.17) is 0 Å². The van der Waals surface area contributed by atoms with Crippen molar-refractivity contribution < 1.29 is 22.3 Å². The van der Waals surface area contributed by atoms with Crippen molar-refractivity contribution in [2.75, 3.05) is 0 Å². The first-order chi connectivity index (χ1) is 4.83. The predicted octanol–water partition coefficient (Wildman–Crippen LogP) is 1.46. The van der Waals surface area contributed by atoms with Gasteiger partial charge in [0.05, 0.1) is 0 Å². The highest BCUT2D eigenvalue weighted by atomic mass is 19.3. The van der Waals surface area contributed by atoms with Crippen LogP contribution in [0.1, 0.15) is 0 Å². The van der Waals surface area contributed by atoms with Gasteiger partial charge in [-0.15, -0.1) is 12.8 Å². The largest absolute Gasteiger partial charge is 0.428 e. The summed E-state index contributed by atoms with van der Waals surface area (Å²) in [7, 11) is 0. The molecule has 0 fully saturated rings. The Morgan fingerprint density at radius 2 is 1.18 bits per heavy atom. The third kappa shape index (κ3) is 3.49. The molecule has 0 aromatic rings. The van der Waals surface area contributed by atoms with Crippen molar-refractivity contribution in [3.05, 3.63) is 0 Å². The van der Waals surface area contributed by atoms with Gasteiger partial charge in [-0.25, -0.2) is 4.74 Å². The predicted molar refractivity (Wildman–Crippen MR) is 28.6 cm³/mol. The molecule has 0 radical (unpaired) electrons. The molecule has 0 aromatic carbocycles. The summed E-state index contributed by atoms with van der Waals surface area (Å²) in [4.78, 5) is 0. The molecule has 5 heteroatoms. The summed E-state index contributed by atoms with van der Waals surface area (Å²) in [5, 5.41) is 0. The van der Waals surface area contributed by atoms with Gasteiger partial charge in [-0.2, -0.15) is 17.6 Å². The normalized spacial score (nSPS) is 11.8. The van der Waals surface area contributed by atoms with Crippen molar-refractivity contribution in [3.8, 4) is 24.7 Å². The molecule has 0 heterocycles. The van der Waals surface area contributed by atoms with E-state index in [2.05, 4.69) is 17.6 Å². The van der Waals surface area contributed by atoms with Crippen LogP contribution in [0, 0.1) is 24.7 Å². The second-order valence-electron chi connectivity index (χ2n) is 1.42. The minimum atomic E-state index is -4.34. The van der Waals surface area contributed by atoms with Crippen molar-refractivity contribution in [3.63, 3.8) is 0 Å². The Kier molecular flexibility index (Phi) is 2.50. The van der Waals surface area contributed by atoms with Crippen molar-refractivity contribution in [2.45, 2.75) is 12.2 Å². The molecule has 0 aliphatic carbocycles. The Morgan fingerprint density at radius 1 is 0.909 bits per heavy atom. The van der Waals surface area contributed by atoms with Crippen molar-refractivity contribution >= 4 is 0 Å². The smallest absolute Gasteiger partial charge is 0.233 e. The highest BCUT2D eigenvalue weighted by molar-refractivity contribution is 5.00. The fourth-order valence-corrected chi connectivity index (χ4v) is 0.220. The maximum Gasteiger partial charge on any atom is 0.428 e. The molecule has 1 nitrogen and oxygen atoms in total.